The number of rotatable bonds is 5. The summed E-state index contributed by atoms with van der Waals surface area (Å²) in [7, 11) is 0. The van der Waals surface area contributed by atoms with Gasteiger partial charge in [-0.1, -0.05) is 44.2 Å². The summed E-state index contributed by atoms with van der Waals surface area (Å²) in [4.78, 5) is 11.7. The van der Waals surface area contributed by atoms with E-state index >= 15 is 0 Å². The van der Waals surface area contributed by atoms with Crippen LogP contribution in [-0.2, 0) is 4.79 Å². The van der Waals surface area contributed by atoms with Crippen molar-refractivity contribution in [2.45, 2.75) is 25.0 Å². The maximum atomic E-state index is 11.7. The molecule has 0 aliphatic heterocycles. The van der Waals surface area contributed by atoms with Crippen molar-refractivity contribution < 1.29 is 4.79 Å². The van der Waals surface area contributed by atoms with E-state index in [1.807, 2.05) is 30.3 Å². The summed E-state index contributed by atoms with van der Waals surface area (Å²) in [6, 6.07) is 9.73. The van der Waals surface area contributed by atoms with Gasteiger partial charge in [0.2, 0.25) is 5.91 Å². The molecule has 0 aliphatic rings. The smallest absolute Gasteiger partial charge is 0.242 e. The van der Waals surface area contributed by atoms with E-state index < -0.39 is 0 Å². The molecule has 16 heavy (non-hydrogen) atoms. The number of thioether (sulfide) groups is 1. The lowest BCUT2D eigenvalue weighted by Crippen LogP contribution is -2.35. The Morgan fingerprint density at radius 2 is 2.00 bits per heavy atom. The fourth-order valence-electron chi connectivity index (χ4n) is 1.40. The van der Waals surface area contributed by atoms with E-state index in [9.17, 15) is 4.79 Å². The van der Waals surface area contributed by atoms with Gasteiger partial charge in [0.15, 0.2) is 0 Å². The molecule has 1 rings (SSSR count). The number of nitrogens with two attached hydrogens (primary N) is 1. The number of hydrogen-bond acceptors (Lipinski definition) is 3. The number of carbonyl (C=O) groups excluding carboxylic acids is 1. The van der Waals surface area contributed by atoms with Crippen LogP contribution < -0.4 is 11.3 Å². The first-order chi connectivity index (χ1) is 7.65. The minimum absolute atomic E-state index is 0.126. The third-order valence-corrected chi connectivity index (χ3v) is 3.45. The van der Waals surface area contributed by atoms with E-state index in [1.165, 1.54) is 0 Å². The first-order valence-electron chi connectivity index (χ1n) is 5.32. The van der Waals surface area contributed by atoms with Gasteiger partial charge >= 0.3 is 0 Å². The maximum Gasteiger partial charge on any atom is 0.242 e. The van der Waals surface area contributed by atoms with Crippen molar-refractivity contribution in [3.8, 4) is 0 Å². The Labute approximate surface area is 101 Å². The summed E-state index contributed by atoms with van der Waals surface area (Å²) in [6.07, 6.45) is 0. The van der Waals surface area contributed by atoms with Crippen LogP contribution in [0.3, 0.4) is 0 Å². The van der Waals surface area contributed by atoms with Crippen LogP contribution in [0, 0.1) is 0 Å². The second-order valence-electron chi connectivity index (χ2n) is 3.85. The van der Waals surface area contributed by atoms with Crippen molar-refractivity contribution in [1.82, 2.24) is 5.43 Å². The summed E-state index contributed by atoms with van der Waals surface area (Å²) in [5, 5.41) is 0.511. The van der Waals surface area contributed by atoms with Crippen LogP contribution in [0.2, 0.25) is 0 Å². The Morgan fingerprint density at radius 1 is 1.38 bits per heavy atom. The van der Waals surface area contributed by atoms with Crippen molar-refractivity contribution in [3.05, 3.63) is 35.9 Å². The molecule has 0 fully saturated rings. The van der Waals surface area contributed by atoms with E-state index in [2.05, 4.69) is 19.3 Å². The molecule has 4 heteroatoms. The van der Waals surface area contributed by atoms with Gasteiger partial charge in [0.05, 0.1) is 5.92 Å². The lowest BCUT2D eigenvalue weighted by Gasteiger charge is -2.16. The molecular weight excluding hydrogens is 220 g/mol. The molecule has 0 heterocycles. The molecule has 1 atom stereocenters. The van der Waals surface area contributed by atoms with Crippen LogP contribution in [0.25, 0.3) is 0 Å². The molecule has 0 spiro atoms. The molecule has 0 bridgehead atoms. The third-order valence-electron chi connectivity index (χ3n) is 2.26. The molecule has 1 unspecified atom stereocenters. The van der Waals surface area contributed by atoms with Crippen molar-refractivity contribution in [1.29, 1.82) is 0 Å². The van der Waals surface area contributed by atoms with Gasteiger partial charge in [0.1, 0.15) is 0 Å². The van der Waals surface area contributed by atoms with Crippen LogP contribution in [0.5, 0.6) is 0 Å². The van der Waals surface area contributed by atoms with E-state index in [4.69, 9.17) is 5.84 Å². The van der Waals surface area contributed by atoms with Crippen LogP contribution in [0.15, 0.2) is 30.3 Å². The first-order valence-corrected chi connectivity index (χ1v) is 6.37. The van der Waals surface area contributed by atoms with Gasteiger partial charge in [0, 0.05) is 5.75 Å². The van der Waals surface area contributed by atoms with Crippen LogP contribution in [0.4, 0.5) is 0 Å². The molecule has 0 radical (unpaired) electrons. The second kappa shape index (κ2) is 6.55. The zero-order valence-electron chi connectivity index (χ0n) is 9.64. The number of nitrogens with one attached hydrogen (secondary N) is 1. The van der Waals surface area contributed by atoms with E-state index in [0.29, 0.717) is 5.25 Å². The summed E-state index contributed by atoms with van der Waals surface area (Å²) >= 11 is 1.76. The van der Waals surface area contributed by atoms with Crippen molar-refractivity contribution in [3.63, 3.8) is 0 Å². The van der Waals surface area contributed by atoms with Gasteiger partial charge in [-0.05, 0) is 10.8 Å². The molecule has 0 aromatic heterocycles. The molecule has 1 amide bonds. The summed E-state index contributed by atoms with van der Waals surface area (Å²) < 4.78 is 0. The van der Waals surface area contributed by atoms with Crippen LogP contribution >= 0.6 is 11.8 Å². The standard InChI is InChI=1S/C12H18N2OS/c1-9(2)16-8-11(12(15)14-13)10-6-4-3-5-7-10/h3-7,9,11H,8,13H2,1-2H3,(H,14,15). The summed E-state index contributed by atoms with van der Waals surface area (Å²) in [5.41, 5.74) is 3.25. The first kappa shape index (κ1) is 13.1. The van der Waals surface area contributed by atoms with Gasteiger partial charge in [-0.2, -0.15) is 11.8 Å². The molecule has 3 N–H and O–H groups in total. The molecule has 0 saturated heterocycles. The SMILES string of the molecule is CC(C)SCC(C(=O)NN)c1ccccc1. The quantitative estimate of drug-likeness (QED) is 0.468. The van der Waals surface area contributed by atoms with Crippen molar-refractivity contribution in [2.24, 2.45) is 5.84 Å². The highest BCUT2D eigenvalue weighted by molar-refractivity contribution is 7.99. The van der Waals surface area contributed by atoms with Crippen molar-refractivity contribution >= 4 is 17.7 Å². The Balaban J connectivity index is 2.76. The number of hydrogen-bond donors (Lipinski definition) is 2. The fraction of sp³-hybridized carbons (Fsp3) is 0.417. The monoisotopic (exact) mass is 238 g/mol. The Morgan fingerprint density at radius 3 is 2.50 bits per heavy atom. The summed E-state index contributed by atoms with van der Waals surface area (Å²) in [6.45, 7) is 4.24. The molecule has 0 aliphatic carbocycles. The third kappa shape index (κ3) is 3.87. The largest absolute Gasteiger partial charge is 0.294 e. The lowest BCUT2D eigenvalue weighted by atomic mass is 10.0. The van der Waals surface area contributed by atoms with Gasteiger partial charge in [-0.25, -0.2) is 5.84 Å². The molecule has 0 saturated carbocycles. The van der Waals surface area contributed by atoms with Gasteiger partial charge in [-0.3, -0.25) is 10.2 Å². The zero-order valence-corrected chi connectivity index (χ0v) is 10.5. The van der Waals surface area contributed by atoms with Crippen LogP contribution in [-0.4, -0.2) is 16.9 Å². The average Bonchev–Trinajstić information content (AvgIpc) is 2.30. The normalized spacial score (nSPS) is 12.5. The van der Waals surface area contributed by atoms with Gasteiger partial charge < -0.3 is 0 Å². The summed E-state index contributed by atoms with van der Waals surface area (Å²) in [5.74, 6) is 5.67. The molecule has 1 aromatic rings. The lowest BCUT2D eigenvalue weighted by molar-refractivity contribution is -0.122. The van der Waals surface area contributed by atoms with Crippen LogP contribution in [0.1, 0.15) is 25.3 Å². The maximum absolute atomic E-state index is 11.7. The second-order valence-corrected chi connectivity index (χ2v) is 5.46. The number of benzene rings is 1. The van der Waals surface area contributed by atoms with E-state index in [1.54, 1.807) is 11.8 Å². The predicted molar refractivity (Wildman–Crippen MR) is 69.1 cm³/mol. The number of amides is 1. The number of hydrazine groups is 1. The Kier molecular flexibility index (Phi) is 5.35. The minimum Gasteiger partial charge on any atom is -0.294 e. The van der Waals surface area contributed by atoms with Gasteiger partial charge in [-0.15, -0.1) is 0 Å². The van der Waals surface area contributed by atoms with E-state index in [0.717, 1.165) is 11.3 Å². The molecule has 3 nitrogen and oxygen atoms in total. The molecule has 88 valence electrons. The molecule has 1 aromatic carbocycles. The molecular formula is C12H18N2OS. The highest BCUT2D eigenvalue weighted by Gasteiger charge is 2.19. The zero-order chi connectivity index (χ0) is 12.0. The highest BCUT2D eigenvalue weighted by atomic mass is 32.2. The fourth-order valence-corrected chi connectivity index (χ4v) is 2.32. The minimum atomic E-state index is -0.168. The Bertz CT molecular complexity index is 327. The van der Waals surface area contributed by atoms with Crippen molar-refractivity contribution in [2.75, 3.05) is 5.75 Å². The predicted octanol–water partition coefficient (Wildman–Crippen LogP) is 1.90. The highest BCUT2D eigenvalue weighted by Crippen LogP contribution is 2.23. The van der Waals surface area contributed by atoms with Gasteiger partial charge in [0.25, 0.3) is 0 Å². The Hall–Kier alpha value is -1.00. The topological polar surface area (TPSA) is 55.1 Å². The number of carbonyl (C=O) groups is 1. The van der Waals surface area contributed by atoms with E-state index in [-0.39, 0.29) is 11.8 Å². The average molecular weight is 238 g/mol.